The van der Waals surface area contributed by atoms with Crippen molar-refractivity contribution in [1.82, 2.24) is 9.97 Å². The maximum Gasteiger partial charge on any atom is 0.339 e. The minimum atomic E-state index is -0.379. The molecule has 0 radical (unpaired) electrons. The Bertz CT molecular complexity index is 553. The molecule has 1 N–H and O–H groups in total. The molecule has 0 unspecified atom stereocenters. The normalized spacial score (nSPS) is 10.7. The van der Waals surface area contributed by atoms with Gasteiger partial charge in [0.15, 0.2) is 0 Å². The summed E-state index contributed by atoms with van der Waals surface area (Å²) in [4.78, 5) is 18.5. The van der Waals surface area contributed by atoms with Crippen molar-refractivity contribution >= 4 is 44.5 Å². The summed E-state index contributed by atoms with van der Waals surface area (Å²) in [7, 11) is 0. The van der Waals surface area contributed by atoms with Gasteiger partial charge >= 0.3 is 5.97 Å². The molecule has 0 amide bonds. The minimum absolute atomic E-state index is 0.294. The van der Waals surface area contributed by atoms with Crippen LogP contribution in [0.25, 0.3) is 11.0 Å². The second kappa shape index (κ2) is 4.43. The Labute approximate surface area is 105 Å². The van der Waals surface area contributed by atoms with Crippen LogP contribution in [0.1, 0.15) is 17.3 Å². The number of carbonyl (C=O) groups excluding carboxylic acids is 1. The van der Waals surface area contributed by atoms with Crippen LogP contribution in [-0.4, -0.2) is 22.5 Å². The Hall–Kier alpha value is -1.07. The number of imidazole rings is 1. The number of nitrogens with one attached hydrogen (secondary N) is 1. The second-order valence-electron chi connectivity index (χ2n) is 3.10. The highest BCUT2D eigenvalue weighted by Crippen LogP contribution is 2.24. The van der Waals surface area contributed by atoms with E-state index in [0.29, 0.717) is 27.4 Å². The van der Waals surface area contributed by atoms with Gasteiger partial charge in [0.25, 0.3) is 0 Å². The first-order chi connectivity index (χ1) is 7.61. The fourth-order valence-electron chi connectivity index (χ4n) is 1.36. The van der Waals surface area contributed by atoms with Crippen molar-refractivity contribution in [2.45, 2.75) is 6.92 Å². The minimum Gasteiger partial charge on any atom is -0.462 e. The number of aromatic amines is 1. The van der Waals surface area contributed by atoms with E-state index < -0.39 is 0 Å². The molecule has 0 fully saturated rings. The number of halogens is 2. The number of rotatable bonds is 2. The van der Waals surface area contributed by atoms with Crippen LogP contribution < -0.4 is 0 Å². The molecule has 0 aliphatic rings. The third kappa shape index (κ3) is 2.05. The molecule has 0 saturated carbocycles. The quantitative estimate of drug-likeness (QED) is 0.867. The second-order valence-corrected chi connectivity index (χ2v) is 4.31. The summed E-state index contributed by atoms with van der Waals surface area (Å²) in [5, 5.41) is 0.294. The lowest BCUT2D eigenvalue weighted by Gasteiger charge is -2.03. The van der Waals surface area contributed by atoms with E-state index in [1.165, 1.54) is 0 Å². The highest BCUT2D eigenvalue weighted by molar-refractivity contribution is 9.10. The number of nitrogens with zero attached hydrogens (tertiary/aromatic N) is 1. The zero-order chi connectivity index (χ0) is 11.7. The number of hydrogen-bond donors (Lipinski definition) is 1. The number of fused-ring (bicyclic) bond motifs is 1. The van der Waals surface area contributed by atoms with Crippen LogP contribution in [0.5, 0.6) is 0 Å². The molecule has 2 aromatic rings. The molecule has 4 nitrogen and oxygen atoms in total. The van der Waals surface area contributed by atoms with Crippen molar-refractivity contribution in [3.63, 3.8) is 0 Å². The Kier molecular flexibility index (Phi) is 3.16. The van der Waals surface area contributed by atoms with E-state index in [1.807, 2.05) is 0 Å². The van der Waals surface area contributed by atoms with Crippen molar-refractivity contribution in [3.8, 4) is 0 Å². The Morgan fingerprint density at radius 1 is 1.62 bits per heavy atom. The third-order valence-electron chi connectivity index (χ3n) is 2.04. The van der Waals surface area contributed by atoms with E-state index in [2.05, 4.69) is 25.9 Å². The summed E-state index contributed by atoms with van der Waals surface area (Å²) in [6, 6.07) is 3.39. The van der Waals surface area contributed by atoms with Crippen LogP contribution in [-0.2, 0) is 4.74 Å². The average Bonchev–Trinajstić information content (AvgIpc) is 2.56. The number of hydrogen-bond acceptors (Lipinski definition) is 3. The molecule has 1 heterocycles. The molecule has 0 bridgehead atoms. The molecule has 0 spiro atoms. The molecule has 6 heteroatoms. The van der Waals surface area contributed by atoms with Gasteiger partial charge < -0.3 is 9.72 Å². The lowest BCUT2D eigenvalue weighted by atomic mass is 10.2. The SMILES string of the molecule is CCOC(=O)c1cc2nc(Cl)[nH]c2cc1Br. The highest BCUT2D eigenvalue weighted by Gasteiger charge is 2.13. The largest absolute Gasteiger partial charge is 0.462 e. The standard InChI is InChI=1S/C10H8BrClN2O2/c1-2-16-9(15)5-3-7-8(4-6(5)11)14-10(12)13-7/h3-4H,2H2,1H3,(H,13,14). The van der Waals surface area contributed by atoms with Crippen molar-refractivity contribution in [3.05, 3.63) is 27.5 Å². The number of aromatic nitrogens is 2. The van der Waals surface area contributed by atoms with Gasteiger partial charge in [-0.05, 0) is 46.6 Å². The number of esters is 1. The van der Waals surface area contributed by atoms with Gasteiger partial charge in [0.2, 0.25) is 5.28 Å². The zero-order valence-electron chi connectivity index (χ0n) is 8.38. The molecular weight excluding hydrogens is 295 g/mol. The van der Waals surface area contributed by atoms with Gasteiger partial charge in [0.05, 0.1) is 23.2 Å². The van der Waals surface area contributed by atoms with Gasteiger partial charge in [0, 0.05) is 4.47 Å². The van der Waals surface area contributed by atoms with Crippen LogP contribution in [0.4, 0.5) is 0 Å². The van der Waals surface area contributed by atoms with Gasteiger partial charge in [-0.2, -0.15) is 0 Å². The van der Waals surface area contributed by atoms with Crippen molar-refractivity contribution in [1.29, 1.82) is 0 Å². The van der Waals surface area contributed by atoms with Gasteiger partial charge in [-0.25, -0.2) is 9.78 Å². The van der Waals surface area contributed by atoms with Crippen molar-refractivity contribution < 1.29 is 9.53 Å². The summed E-state index contributed by atoms with van der Waals surface area (Å²) in [6.45, 7) is 2.10. The number of carbonyl (C=O) groups is 1. The van der Waals surface area contributed by atoms with Crippen molar-refractivity contribution in [2.24, 2.45) is 0 Å². The smallest absolute Gasteiger partial charge is 0.339 e. The third-order valence-corrected chi connectivity index (χ3v) is 2.87. The Balaban J connectivity index is 2.53. The topological polar surface area (TPSA) is 55.0 Å². The predicted molar refractivity (Wildman–Crippen MR) is 64.8 cm³/mol. The zero-order valence-corrected chi connectivity index (χ0v) is 10.7. The van der Waals surface area contributed by atoms with Gasteiger partial charge in [-0.1, -0.05) is 0 Å². The number of ether oxygens (including phenoxy) is 1. The lowest BCUT2D eigenvalue weighted by Crippen LogP contribution is -2.05. The Morgan fingerprint density at radius 3 is 3.06 bits per heavy atom. The van der Waals surface area contributed by atoms with Gasteiger partial charge in [-0.15, -0.1) is 0 Å². The summed E-state index contributed by atoms with van der Waals surface area (Å²) in [6.07, 6.45) is 0. The molecular formula is C10H8BrClN2O2. The molecule has 0 saturated heterocycles. The summed E-state index contributed by atoms with van der Waals surface area (Å²) in [5.41, 5.74) is 1.85. The first-order valence-corrected chi connectivity index (χ1v) is 5.80. The lowest BCUT2D eigenvalue weighted by molar-refractivity contribution is 0.0525. The van der Waals surface area contributed by atoms with Crippen LogP contribution in [0.3, 0.4) is 0 Å². The average molecular weight is 304 g/mol. The summed E-state index contributed by atoms with van der Waals surface area (Å²) >= 11 is 9.04. The Morgan fingerprint density at radius 2 is 2.38 bits per heavy atom. The molecule has 16 heavy (non-hydrogen) atoms. The molecule has 2 rings (SSSR count). The van der Waals surface area contributed by atoms with Gasteiger partial charge in [-0.3, -0.25) is 0 Å². The molecule has 0 atom stereocenters. The molecule has 84 valence electrons. The van der Waals surface area contributed by atoms with Crippen LogP contribution in [0, 0.1) is 0 Å². The summed E-state index contributed by atoms with van der Waals surface area (Å²) < 4.78 is 5.58. The van der Waals surface area contributed by atoms with E-state index in [4.69, 9.17) is 16.3 Å². The van der Waals surface area contributed by atoms with Crippen LogP contribution >= 0.6 is 27.5 Å². The van der Waals surface area contributed by atoms with E-state index >= 15 is 0 Å². The molecule has 0 aliphatic heterocycles. The maximum absolute atomic E-state index is 11.6. The molecule has 1 aromatic carbocycles. The number of benzene rings is 1. The van der Waals surface area contributed by atoms with E-state index in [0.717, 1.165) is 5.52 Å². The van der Waals surface area contributed by atoms with E-state index in [-0.39, 0.29) is 5.97 Å². The fourth-order valence-corrected chi connectivity index (χ4v) is 2.06. The van der Waals surface area contributed by atoms with Crippen LogP contribution in [0.2, 0.25) is 5.28 Å². The monoisotopic (exact) mass is 302 g/mol. The molecule has 0 aliphatic carbocycles. The van der Waals surface area contributed by atoms with E-state index in [9.17, 15) is 4.79 Å². The summed E-state index contributed by atoms with van der Waals surface area (Å²) in [5.74, 6) is -0.379. The van der Waals surface area contributed by atoms with Crippen molar-refractivity contribution in [2.75, 3.05) is 6.61 Å². The first-order valence-electron chi connectivity index (χ1n) is 4.63. The maximum atomic E-state index is 11.6. The molecule has 1 aromatic heterocycles. The highest BCUT2D eigenvalue weighted by atomic mass is 79.9. The van der Waals surface area contributed by atoms with Crippen LogP contribution in [0.15, 0.2) is 16.6 Å². The first kappa shape index (κ1) is 11.4. The number of H-pyrrole nitrogens is 1. The van der Waals surface area contributed by atoms with Gasteiger partial charge in [0.1, 0.15) is 0 Å². The van der Waals surface area contributed by atoms with E-state index in [1.54, 1.807) is 19.1 Å². The fraction of sp³-hybridized carbons (Fsp3) is 0.200. The predicted octanol–water partition coefficient (Wildman–Crippen LogP) is 3.16.